The highest BCUT2D eigenvalue weighted by Gasteiger charge is 2.55. The molecule has 1 nitrogen and oxygen atoms in total. The first-order valence-electron chi connectivity index (χ1n) is 7.40. The van der Waals surface area contributed by atoms with E-state index in [4.69, 9.17) is 4.74 Å². The van der Waals surface area contributed by atoms with Gasteiger partial charge in [-0.05, 0) is 37.5 Å². The van der Waals surface area contributed by atoms with Crippen LogP contribution in [0.4, 0.5) is 13.2 Å². The first-order valence-corrected chi connectivity index (χ1v) is 8.31. The first-order chi connectivity index (χ1) is 9.92. The fourth-order valence-electron chi connectivity index (χ4n) is 3.62. The zero-order chi connectivity index (χ0) is 15.1. The standard InChI is InChI=1S/C16H18BrF3O/c17-13-10-14(15(13)7-2-1-3-8-15)21-12-6-4-5-11(9-12)16(18,19)20/h4-6,9,13-14H,1-3,7-8,10H2. The van der Waals surface area contributed by atoms with Gasteiger partial charge in [0.25, 0.3) is 0 Å². The fraction of sp³-hybridized carbons (Fsp3) is 0.625. The summed E-state index contributed by atoms with van der Waals surface area (Å²) >= 11 is 3.72. The molecule has 2 saturated carbocycles. The molecule has 2 aliphatic carbocycles. The van der Waals surface area contributed by atoms with Gasteiger partial charge < -0.3 is 4.74 Å². The zero-order valence-electron chi connectivity index (χ0n) is 11.6. The van der Waals surface area contributed by atoms with Crippen molar-refractivity contribution in [3.8, 4) is 5.75 Å². The topological polar surface area (TPSA) is 9.23 Å². The molecule has 2 aliphatic rings. The molecule has 5 heteroatoms. The Balaban J connectivity index is 1.75. The van der Waals surface area contributed by atoms with E-state index in [0.717, 1.165) is 31.4 Å². The van der Waals surface area contributed by atoms with Crippen molar-refractivity contribution in [2.24, 2.45) is 5.41 Å². The van der Waals surface area contributed by atoms with E-state index >= 15 is 0 Å². The van der Waals surface area contributed by atoms with Crippen LogP contribution in [0, 0.1) is 5.41 Å². The number of hydrogen-bond donors (Lipinski definition) is 0. The molecular formula is C16H18BrF3O. The molecule has 2 unspecified atom stereocenters. The average molecular weight is 363 g/mol. The van der Waals surface area contributed by atoms with Gasteiger partial charge in [-0.15, -0.1) is 0 Å². The van der Waals surface area contributed by atoms with Crippen molar-refractivity contribution < 1.29 is 17.9 Å². The Bertz CT molecular complexity index is 508. The number of benzene rings is 1. The van der Waals surface area contributed by atoms with Gasteiger partial charge in [-0.25, -0.2) is 0 Å². The van der Waals surface area contributed by atoms with Gasteiger partial charge in [0, 0.05) is 10.2 Å². The summed E-state index contributed by atoms with van der Waals surface area (Å²) in [5, 5.41) is 0. The highest BCUT2D eigenvalue weighted by molar-refractivity contribution is 9.09. The minimum absolute atomic E-state index is 0.0330. The van der Waals surface area contributed by atoms with Gasteiger partial charge >= 0.3 is 6.18 Å². The molecule has 116 valence electrons. The summed E-state index contributed by atoms with van der Waals surface area (Å²) in [6, 6.07) is 5.22. The van der Waals surface area contributed by atoms with Crippen LogP contribution in [-0.2, 0) is 6.18 Å². The molecule has 0 saturated heterocycles. The van der Waals surface area contributed by atoms with E-state index in [9.17, 15) is 13.2 Å². The van der Waals surface area contributed by atoms with E-state index < -0.39 is 11.7 Å². The van der Waals surface area contributed by atoms with Crippen LogP contribution in [0.5, 0.6) is 5.75 Å². The molecule has 2 atom stereocenters. The monoisotopic (exact) mass is 362 g/mol. The normalized spacial score (nSPS) is 28.2. The predicted molar refractivity (Wildman–Crippen MR) is 78.7 cm³/mol. The van der Waals surface area contributed by atoms with Crippen molar-refractivity contribution in [1.82, 2.24) is 0 Å². The second-order valence-corrected chi connectivity index (χ2v) is 7.23. The molecule has 0 heterocycles. The maximum absolute atomic E-state index is 12.7. The minimum atomic E-state index is -4.32. The van der Waals surface area contributed by atoms with Gasteiger partial charge in [0.1, 0.15) is 11.9 Å². The average Bonchev–Trinajstić information content (AvgIpc) is 2.47. The highest BCUT2D eigenvalue weighted by Crippen LogP contribution is 2.56. The quantitative estimate of drug-likeness (QED) is 0.624. The van der Waals surface area contributed by atoms with Crippen molar-refractivity contribution in [1.29, 1.82) is 0 Å². The molecule has 0 aromatic heterocycles. The molecule has 0 N–H and O–H groups in total. The lowest BCUT2D eigenvalue weighted by molar-refractivity contribution is -0.137. The van der Waals surface area contributed by atoms with Crippen LogP contribution in [0.15, 0.2) is 24.3 Å². The van der Waals surface area contributed by atoms with Crippen LogP contribution in [0.25, 0.3) is 0 Å². The van der Waals surface area contributed by atoms with Crippen LogP contribution in [0.2, 0.25) is 0 Å². The third-order valence-corrected chi connectivity index (χ3v) is 6.20. The Labute approximate surface area is 131 Å². The maximum atomic E-state index is 12.7. The number of alkyl halides is 4. The number of halogens is 4. The van der Waals surface area contributed by atoms with E-state index in [1.165, 1.54) is 25.3 Å². The lowest BCUT2D eigenvalue weighted by Crippen LogP contribution is -2.57. The van der Waals surface area contributed by atoms with Crippen LogP contribution in [0.1, 0.15) is 44.1 Å². The Kier molecular flexibility index (Phi) is 3.97. The minimum Gasteiger partial charge on any atom is -0.490 e. The van der Waals surface area contributed by atoms with Gasteiger partial charge in [-0.3, -0.25) is 0 Å². The van der Waals surface area contributed by atoms with Crippen molar-refractivity contribution in [2.75, 3.05) is 0 Å². The first kappa shape index (κ1) is 15.2. The molecule has 1 spiro atoms. The fourth-order valence-corrected chi connectivity index (χ4v) is 4.71. The van der Waals surface area contributed by atoms with Crippen molar-refractivity contribution in [3.05, 3.63) is 29.8 Å². The van der Waals surface area contributed by atoms with Crippen LogP contribution >= 0.6 is 15.9 Å². The number of rotatable bonds is 2. The predicted octanol–water partition coefficient (Wildman–Crippen LogP) is 5.57. The van der Waals surface area contributed by atoms with E-state index in [2.05, 4.69) is 15.9 Å². The van der Waals surface area contributed by atoms with Crippen LogP contribution in [0.3, 0.4) is 0 Å². The summed E-state index contributed by atoms with van der Waals surface area (Å²) in [6.45, 7) is 0. The van der Waals surface area contributed by atoms with Crippen LogP contribution < -0.4 is 4.74 Å². The van der Waals surface area contributed by atoms with E-state index in [0.29, 0.717) is 10.6 Å². The molecule has 21 heavy (non-hydrogen) atoms. The SMILES string of the molecule is FC(F)(F)c1cccc(OC2CC(Br)C23CCCCC3)c1. The summed E-state index contributed by atoms with van der Waals surface area (Å²) in [4.78, 5) is 0.432. The van der Waals surface area contributed by atoms with Crippen molar-refractivity contribution >= 4 is 15.9 Å². The third kappa shape index (κ3) is 2.81. The largest absolute Gasteiger partial charge is 0.490 e. The zero-order valence-corrected chi connectivity index (χ0v) is 13.2. The molecule has 0 bridgehead atoms. The molecule has 1 aromatic carbocycles. The van der Waals surface area contributed by atoms with Gasteiger partial charge in [0.05, 0.1) is 5.56 Å². The second-order valence-electron chi connectivity index (χ2n) is 6.13. The Morgan fingerprint density at radius 1 is 1.14 bits per heavy atom. The molecule has 2 fully saturated rings. The van der Waals surface area contributed by atoms with E-state index in [1.54, 1.807) is 6.07 Å². The summed E-state index contributed by atoms with van der Waals surface area (Å²) < 4.78 is 44.2. The number of ether oxygens (including phenoxy) is 1. The third-order valence-electron chi connectivity index (χ3n) is 4.91. The van der Waals surface area contributed by atoms with E-state index in [-0.39, 0.29) is 11.5 Å². The number of hydrogen-bond acceptors (Lipinski definition) is 1. The van der Waals surface area contributed by atoms with E-state index in [1.807, 2.05) is 0 Å². The highest BCUT2D eigenvalue weighted by atomic mass is 79.9. The summed E-state index contributed by atoms with van der Waals surface area (Å²) in [5.74, 6) is 0.333. The Morgan fingerprint density at radius 3 is 2.48 bits per heavy atom. The lowest BCUT2D eigenvalue weighted by atomic mass is 9.58. The van der Waals surface area contributed by atoms with Gasteiger partial charge in [-0.2, -0.15) is 13.2 Å². The maximum Gasteiger partial charge on any atom is 0.416 e. The molecule has 0 aliphatic heterocycles. The summed E-state index contributed by atoms with van der Waals surface area (Å²) in [6.07, 6.45) is 2.41. The summed E-state index contributed by atoms with van der Waals surface area (Å²) in [7, 11) is 0. The Morgan fingerprint density at radius 2 is 1.86 bits per heavy atom. The lowest BCUT2D eigenvalue weighted by Gasteiger charge is -2.55. The smallest absolute Gasteiger partial charge is 0.416 e. The van der Waals surface area contributed by atoms with Gasteiger partial charge in [-0.1, -0.05) is 41.3 Å². The molecule has 1 aromatic rings. The molecule has 0 amide bonds. The molecule has 3 rings (SSSR count). The van der Waals surface area contributed by atoms with Crippen LogP contribution in [-0.4, -0.2) is 10.9 Å². The van der Waals surface area contributed by atoms with Gasteiger partial charge in [0.15, 0.2) is 0 Å². The Hall–Kier alpha value is -0.710. The molecule has 0 radical (unpaired) electrons. The summed E-state index contributed by atoms with van der Waals surface area (Å²) in [5.41, 5.74) is -0.528. The van der Waals surface area contributed by atoms with Gasteiger partial charge in [0.2, 0.25) is 0 Å². The molecular weight excluding hydrogens is 345 g/mol. The second kappa shape index (κ2) is 5.49. The van der Waals surface area contributed by atoms with Crippen molar-refractivity contribution in [3.63, 3.8) is 0 Å². The van der Waals surface area contributed by atoms with Crippen molar-refractivity contribution in [2.45, 2.75) is 55.6 Å².